The van der Waals surface area contributed by atoms with Gasteiger partial charge in [-0.05, 0) is 12.1 Å². The van der Waals surface area contributed by atoms with Gasteiger partial charge in [-0.15, -0.1) is 0 Å². The van der Waals surface area contributed by atoms with Crippen LogP contribution in [0.4, 0.5) is 0 Å². The first kappa shape index (κ1) is 8.43. The first-order valence-electron chi connectivity index (χ1n) is 3.79. The number of hydrogen-bond donors (Lipinski definition) is 1. The average Bonchev–Trinajstić information content (AvgIpc) is 2.59. The Bertz CT molecular complexity index is 515. The minimum atomic E-state index is -1.14. The van der Waals surface area contributed by atoms with Crippen LogP contribution in [-0.4, -0.2) is 22.3 Å². The SMILES string of the molecule is O=Cc1cc2cc(C(=O)O)oc2cn1. The second kappa shape index (κ2) is 2.95. The Labute approximate surface area is 78.0 Å². The van der Waals surface area contributed by atoms with Crippen molar-refractivity contribution in [2.75, 3.05) is 0 Å². The number of nitrogens with zero attached hydrogens (tertiary/aromatic N) is 1. The third-order valence-corrected chi connectivity index (χ3v) is 1.76. The summed E-state index contributed by atoms with van der Waals surface area (Å²) in [6.07, 6.45) is 1.92. The Balaban J connectivity index is 2.65. The van der Waals surface area contributed by atoms with Gasteiger partial charge in [-0.2, -0.15) is 0 Å². The first-order valence-corrected chi connectivity index (χ1v) is 3.79. The zero-order chi connectivity index (χ0) is 10.1. The highest BCUT2D eigenvalue weighted by atomic mass is 16.4. The van der Waals surface area contributed by atoms with Crippen LogP contribution in [0.5, 0.6) is 0 Å². The topological polar surface area (TPSA) is 80.4 Å². The molecule has 1 N–H and O–H groups in total. The van der Waals surface area contributed by atoms with E-state index < -0.39 is 5.97 Å². The lowest BCUT2D eigenvalue weighted by Crippen LogP contribution is -1.91. The summed E-state index contributed by atoms with van der Waals surface area (Å²) >= 11 is 0. The molecule has 0 saturated carbocycles. The summed E-state index contributed by atoms with van der Waals surface area (Å²) in [6, 6.07) is 2.82. The van der Waals surface area contributed by atoms with Gasteiger partial charge in [-0.25, -0.2) is 9.78 Å². The lowest BCUT2D eigenvalue weighted by atomic mass is 10.2. The monoisotopic (exact) mass is 191 g/mol. The molecule has 2 aromatic rings. The van der Waals surface area contributed by atoms with Gasteiger partial charge in [0.1, 0.15) is 5.69 Å². The van der Waals surface area contributed by atoms with E-state index in [4.69, 9.17) is 9.52 Å². The maximum absolute atomic E-state index is 10.5. The molecule has 14 heavy (non-hydrogen) atoms. The molecule has 0 aliphatic rings. The van der Waals surface area contributed by atoms with Crippen LogP contribution in [0.1, 0.15) is 21.0 Å². The van der Waals surface area contributed by atoms with Crippen LogP contribution in [0.15, 0.2) is 22.7 Å². The molecule has 5 heteroatoms. The van der Waals surface area contributed by atoms with Crippen molar-refractivity contribution in [3.05, 3.63) is 29.8 Å². The van der Waals surface area contributed by atoms with Gasteiger partial charge in [0.25, 0.3) is 0 Å². The van der Waals surface area contributed by atoms with Gasteiger partial charge in [0.2, 0.25) is 5.76 Å². The predicted molar refractivity (Wildman–Crippen MR) is 46.4 cm³/mol. The van der Waals surface area contributed by atoms with Crippen LogP contribution in [0, 0.1) is 0 Å². The molecular formula is C9H5NO4. The van der Waals surface area contributed by atoms with E-state index in [2.05, 4.69) is 4.98 Å². The van der Waals surface area contributed by atoms with Crippen molar-refractivity contribution in [3.8, 4) is 0 Å². The molecule has 2 aromatic heterocycles. The van der Waals surface area contributed by atoms with Crippen molar-refractivity contribution >= 4 is 23.2 Å². The molecule has 0 aromatic carbocycles. The van der Waals surface area contributed by atoms with Crippen LogP contribution in [0.2, 0.25) is 0 Å². The van der Waals surface area contributed by atoms with E-state index in [1.54, 1.807) is 0 Å². The molecule has 0 amide bonds. The lowest BCUT2D eigenvalue weighted by molar-refractivity contribution is 0.0665. The molecule has 0 aliphatic heterocycles. The highest BCUT2D eigenvalue weighted by Crippen LogP contribution is 2.18. The van der Waals surface area contributed by atoms with Crippen LogP contribution in [0.3, 0.4) is 0 Å². The minimum Gasteiger partial charge on any atom is -0.475 e. The Morgan fingerprint density at radius 1 is 1.50 bits per heavy atom. The summed E-state index contributed by atoms with van der Waals surface area (Å²) in [5, 5.41) is 9.18. The number of aromatic carboxylic acids is 1. The third-order valence-electron chi connectivity index (χ3n) is 1.76. The Morgan fingerprint density at radius 2 is 2.29 bits per heavy atom. The molecule has 0 aliphatic carbocycles. The zero-order valence-electron chi connectivity index (χ0n) is 6.93. The van der Waals surface area contributed by atoms with Gasteiger partial charge < -0.3 is 9.52 Å². The van der Waals surface area contributed by atoms with E-state index in [-0.39, 0.29) is 11.5 Å². The maximum atomic E-state index is 10.5. The number of pyridine rings is 1. The second-order valence-corrected chi connectivity index (χ2v) is 2.68. The number of rotatable bonds is 2. The average molecular weight is 191 g/mol. The van der Waals surface area contributed by atoms with Crippen molar-refractivity contribution in [3.63, 3.8) is 0 Å². The van der Waals surface area contributed by atoms with E-state index >= 15 is 0 Å². The third kappa shape index (κ3) is 1.24. The number of aromatic nitrogens is 1. The fraction of sp³-hybridized carbons (Fsp3) is 0. The Kier molecular flexibility index (Phi) is 1.78. The maximum Gasteiger partial charge on any atom is 0.371 e. The number of carboxylic acids is 1. The molecule has 0 atom stereocenters. The molecule has 0 bridgehead atoms. The normalized spacial score (nSPS) is 10.3. The van der Waals surface area contributed by atoms with Gasteiger partial charge in [0.05, 0.1) is 6.20 Å². The van der Waals surface area contributed by atoms with Gasteiger partial charge in [0, 0.05) is 5.39 Å². The number of carbonyl (C=O) groups is 2. The largest absolute Gasteiger partial charge is 0.475 e. The molecule has 0 saturated heterocycles. The number of carbonyl (C=O) groups excluding carboxylic acids is 1. The van der Waals surface area contributed by atoms with Gasteiger partial charge in [0.15, 0.2) is 11.9 Å². The standard InChI is InChI=1S/C9H5NO4/c11-4-6-1-5-2-7(9(12)13)14-8(5)3-10-6/h1-4H,(H,12,13). The van der Waals surface area contributed by atoms with Crippen molar-refractivity contribution < 1.29 is 19.1 Å². The van der Waals surface area contributed by atoms with E-state index in [1.807, 2.05) is 0 Å². The molecule has 5 nitrogen and oxygen atoms in total. The molecule has 0 fully saturated rings. The summed E-state index contributed by atoms with van der Waals surface area (Å²) in [4.78, 5) is 24.7. The zero-order valence-corrected chi connectivity index (χ0v) is 6.93. The molecule has 0 radical (unpaired) electrons. The van der Waals surface area contributed by atoms with Crippen molar-refractivity contribution in [2.45, 2.75) is 0 Å². The number of carboxylic acid groups (broad SMARTS) is 1. The highest BCUT2D eigenvalue weighted by molar-refractivity contribution is 5.92. The van der Waals surface area contributed by atoms with E-state index in [1.165, 1.54) is 18.3 Å². The number of fused-ring (bicyclic) bond motifs is 1. The van der Waals surface area contributed by atoms with Crippen molar-refractivity contribution in [1.82, 2.24) is 4.98 Å². The minimum absolute atomic E-state index is 0.162. The van der Waals surface area contributed by atoms with Gasteiger partial charge >= 0.3 is 5.97 Å². The smallest absolute Gasteiger partial charge is 0.371 e. The summed E-state index contributed by atoms with van der Waals surface area (Å²) in [5.41, 5.74) is 0.600. The van der Waals surface area contributed by atoms with Gasteiger partial charge in [-0.1, -0.05) is 0 Å². The van der Waals surface area contributed by atoms with E-state index in [0.29, 0.717) is 17.3 Å². The number of aldehydes is 1. The van der Waals surface area contributed by atoms with Gasteiger partial charge in [-0.3, -0.25) is 4.79 Å². The predicted octanol–water partition coefficient (Wildman–Crippen LogP) is 1.34. The molecule has 70 valence electrons. The van der Waals surface area contributed by atoms with Crippen molar-refractivity contribution in [1.29, 1.82) is 0 Å². The molecule has 0 unspecified atom stereocenters. The van der Waals surface area contributed by atoms with Crippen LogP contribution in [-0.2, 0) is 0 Å². The highest BCUT2D eigenvalue weighted by Gasteiger charge is 2.10. The molecule has 0 spiro atoms. The van der Waals surface area contributed by atoms with E-state index in [0.717, 1.165) is 0 Å². The van der Waals surface area contributed by atoms with Crippen LogP contribution >= 0.6 is 0 Å². The van der Waals surface area contributed by atoms with Crippen molar-refractivity contribution in [2.24, 2.45) is 0 Å². The summed E-state index contributed by atoms with van der Waals surface area (Å²) in [5.74, 6) is -1.31. The Hall–Kier alpha value is -2.17. The van der Waals surface area contributed by atoms with E-state index in [9.17, 15) is 9.59 Å². The second-order valence-electron chi connectivity index (χ2n) is 2.68. The lowest BCUT2D eigenvalue weighted by Gasteiger charge is -1.87. The molecule has 2 rings (SSSR count). The first-order chi connectivity index (χ1) is 6.70. The Morgan fingerprint density at radius 3 is 2.93 bits per heavy atom. The quantitative estimate of drug-likeness (QED) is 0.724. The summed E-state index contributed by atoms with van der Waals surface area (Å²) in [6.45, 7) is 0. The summed E-state index contributed by atoms with van der Waals surface area (Å²) < 4.78 is 4.95. The number of furan rings is 1. The molecule has 2 heterocycles. The number of hydrogen-bond acceptors (Lipinski definition) is 4. The van der Waals surface area contributed by atoms with Crippen LogP contribution < -0.4 is 0 Å². The fourth-order valence-corrected chi connectivity index (χ4v) is 1.13. The summed E-state index contributed by atoms with van der Waals surface area (Å²) in [7, 11) is 0. The fourth-order valence-electron chi connectivity index (χ4n) is 1.13. The van der Waals surface area contributed by atoms with Crippen LogP contribution in [0.25, 0.3) is 11.0 Å². The molecular weight excluding hydrogens is 186 g/mol.